The van der Waals surface area contributed by atoms with Gasteiger partial charge in [0, 0.05) is 33.7 Å². The predicted molar refractivity (Wildman–Crippen MR) is 132 cm³/mol. The Morgan fingerprint density at radius 2 is 1.44 bits per heavy atom. The van der Waals surface area contributed by atoms with Gasteiger partial charge in [-0.2, -0.15) is 0 Å². The van der Waals surface area contributed by atoms with Crippen LogP contribution in [0.3, 0.4) is 0 Å². The van der Waals surface area contributed by atoms with E-state index in [1.54, 1.807) is 6.26 Å². The molecule has 14 heteroatoms. The number of aliphatic hydroxyl groups is 1. The zero-order chi connectivity index (χ0) is 28.0. The molecule has 0 saturated carbocycles. The van der Waals surface area contributed by atoms with Crippen LogP contribution in [-0.4, -0.2) is 101 Å². The first-order valence-electron chi connectivity index (χ1n) is 11.2. The minimum Gasteiger partial charge on any atom is -0.550 e. The van der Waals surface area contributed by atoms with E-state index in [1.807, 2.05) is 6.92 Å². The van der Waals surface area contributed by atoms with Crippen molar-refractivity contribution in [1.82, 2.24) is 5.32 Å². The number of carbonyl (C=O) groups excluding carboxylic acids is 5. The van der Waals surface area contributed by atoms with Gasteiger partial charge in [0.1, 0.15) is 34.8 Å². The van der Waals surface area contributed by atoms with Gasteiger partial charge in [-0.3, -0.25) is 19.2 Å². The first-order chi connectivity index (χ1) is 16.8. The second-order valence-electron chi connectivity index (χ2n) is 7.72. The fourth-order valence-electron chi connectivity index (χ4n) is 3.53. The van der Waals surface area contributed by atoms with Crippen molar-refractivity contribution in [3.63, 3.8) is 0 Å². The van der Waals surface area contributed by atoms with Crippen LogP contribution in [-0.2, 0) is 53.8 Å². The van der Waals surface area contributed by atoms with Crippen LogP contribution in [0, 0.1) is 0 Å². The number of carboxylic acids is 1. The van der Waals surface area contributed by atoms with E-state index in [-0.39, 0.29) is 23.4 Å². The average Bonchev–Trinajstić information content (AvgIpc) is 2.73. The van der Waals surface area contributed by atoms with Gasteiger partial charge >= 0.3 is 17.9 Å². The zero-order valence-electron chi connectivity index (χ0n) is 21.6. The zero-order valence-corrected chi connectivity index (χ0v) is 23.3. The Kier molecular flexibility index (Phi) is 16.4. The van der Waals surface area contributed by atoms with Crippen LogP contribution >= 0.6 is 11.8 Å². The highest BCUT2D eigenvalue weighted by Gasteiger charge is 2.54. The van der Waals surface area contributed by atoms with Gasteiger partial charge in [0.15, 0.2) is 18.3 Å². The van der Waals surface area contributed by atoms with Crippen LogP contribution in [0.15, 0.2) is 0 Å². The molecule has 1 saturated heterocycles. The maximum atomic E-state index is 12.0. The largest absolute Gasteiger partial charge is 0.550 e. The maximum absolute atomic E-state index is 12.0. The van der Waals surface area contributed by atoms with Gasteiger partial charge in [-0.1, -0.05) is 0 Å². The molecule has 1 rings (SSSR count). The van der Waals surface area contributed by atoms with Crippen molar-refractivity contribution in [2.75, 3.05) is 30.1 Å². The fourth-order valence-corrected chi connectivity index (χ4v) is 5.97. The SMILES string of the molecule is CC(=O)[O-].CC[S+](CCO)C[C@H](NC(C)=O)[C@H]1O[C@H](SC)[C@H](OC(C)=O)[C@@H](OC(C)=O)[C@H]1OC(C)=O. The number of aliphatic hydroxyl groups excluding tert-OH is 1. The van der Waals surface area contributed by atoms with Crippen LogP contribution in [0.25, 0.3) is 0 Å². The minimum absolute atomic E-state index is 0.000671. The topological polar surface area (TPSA) is 178 Å². The van der Waals surface area contributed by atoms with Gasteiger partial charge in [0.05, 0.1) is 6.61 Å². The van der Waals surface area contributed by atoms with E-state index in [2.05, 4.69) is 5.32 Å². The van der Waals surface area contributed by atoms with E-state index in [0.717, 1.165) is 12.7 Å². The summed E-state index contributed by atoms with van der Waals surface area (Å²) >= 11 is 1.24. The highest BCUT2D eigenvalue weighted by molar-refractivity contribution is 7.99. The normalized spacial score (nSPS) is 24.7. The van der Waals surface area contributed by atoms with Crippen molar-refractivity contribution in [1.29, 1.82) is 0 Å². The lowest BCUT2D eigenvalue weighted by Crippen LogP contribution is -2.66. The van der Waals surface area contributed by atoms with Crippen molar-refractivity contribution in [3.05, 3.63) is 0 Å². The van der Waals surface area contributed by atoms with E-state index in [0.29, 0.717) is 11.5 Å². The van der Waals surface area contributed by atoms with Gasteiger partial charge in [0.25, 0.3) is 0 Å². The summed E-state index contributed by atoms with van der Waals surface area (Å²) in [6.45, 7) is 7.95. The molecule has 0 bridgehead atoms. The Labute approximate surface area is 218 Å². The lowest BCUT2D eigenvalue weighted by Gasteiger charge is -2.46. The highest BCUT2D eigenvalue weighted by atomic mass is 32.2. The summed E-state index contributed by atoms with van der Waals surface area (Å²) in [4.78, 5) is 56.4. The molecule has 12 nitrogen and oxygen atoms in total. The number of nitrogens with one attached hydrogen (secondary N) is 1. The van der Waals surface area contributed by atoms with Crippen molar-refractivity contribution in [2.24, 2.45) is 0 Å². The molecular weight excluding hydrogens is 518 g/mol. The van der Waals surface area contributed by atoms with Gasteiger partial charge < -0.3 is 39.3 Å². The number of rotatable bonds is 11. The molecule has 208 valence electrons. The molecule has 2 N–H and O–H groups in total. The Balaban J connectivity index is 0.00000283. The van der Waals surface area contributed by atoms with Gasteiger partial charge in [-0.15, -0.1) is 11.8 Å². The number of hydrogen-bond acceptors (Lipinski definition) is 12. The Morgan fingerprint density at radius 1 is 0.972 bits per heavy atom. The molecule has 1 heterocycles. The molecule has 0 spiro atoms. The molecule has 1 unspecified atom stereocenters. The molecular formula is C22H37NO11S2. The van der Waals surface area contributed by atoms with Crippen molar-refractivity contribution in [3.8, 4) is 0 Å². The first-order valence-corrected chi connectivity index (χ1v) is 14.2. The predicted octanol–water partition coefficient (Wildman–Crippen LogP) is -1.24. The smallest absolute Gasteiger partial charge is 0.303 e. The maximum Gasteiger partial charge on any atom is 0.303 e. The summed E-state index contributed by atoms with van der Waals surface area (Å²) in [5.74, 6) is -1.50. The highest BCUT2D eigenvalue weighted by Crippen LogP contribution is 2.34. The number of carbonyl (C=O) groups is 5. The summed E-state index contributed by atoms with van der Waals surface area (Å²) in [6, 6.07) is -0.599. The lowest BCUT2D eigenvalue weighted by atomic mass is 9.94. The lowest BCUT2D eigenvalue weighted by molar-refractivity contribution is -0.302. The van der Waals surface area contributed by atoms with Crippen molar-refractivity contribution >= 4 is 52.4 Å². The van der Waals surface area contributed by atoms with E-state index < -0.39 is 59.8 Å². The van der Waals surface area contributed by atoms with E-state index in [9.17, 15) is 24.3 Å². The molecule has 7 atom stereocenters. The number of esters is 3. The minimum atomic E-state index is -1.13. The summed E-state index contributed by atoms with van der Waals surface area (Å²) in [5, 5.41) is 21.1. The molecule has 36 heavy (non-hydrogen) atoms. The van der Waals surface area contributed by atoms with Gasteiger partial charge in [-0.25, -0.2) is 0 Å². The van der Waals surface area contributed by atoms with Crippen LogP contribution in [0.1, 0.15) is 41.5 Å². The van der Waals surface area contributed by atoms with Crippen LogP contribution < -0.4 is 10.4 Å². The molecule has 0 radical (unpaired) electrons. The Bertz CT molecular complexity index is 748. The van der Waals surface area contributed by atoms with Crippen LogP contribution in [0.4, 0.5) is 0 Å². The number of thioether (sulfide) groups is 1. The third-order valence-corrected chi connectivity index (χ3v) is 7.91. The molecule has 1 amide bonds. The number of amides is 1. The number of hydrogen-bond donors (Lipinski definition) is 2. The second kappa shape index (κ2) is 17.4. The number of carboxylic acid groups (broad SMARTS) is 1. The monoisotopic (exact) mass is 555 g/mol. The van der Waals surface area contributed by atoms with E-state index in [1.165, 1.54) is 39.5 Å². The number of aliphatic carboxylic acids is 1. The molecule has 1 fully saturated rings. The third-order valence-electron chi connectivity index (χ3n) is 4.66. The van der Waals surface area contributed by atoms with Crippen LogP contribution in [0.2, 0.25) is 0 Å². The Hall–Kier alpha value is -2.03. The molecule has 0 aromatic heterocycles. The molecule has 1 aliphatic rings. The van der Waals surface area contributed by atoms with Gasteiger partial charge in [0.2, 0.25) is 5.91 Å². The van der Waals surface area contributed by atoms with Crippen LogP contribution in [0.5, 0.6) is 0 Å². The summed E-state index contributed by atoms with van der Waals surface area (Å²) in [6.07, 6.45) is -2.42. The fraction of sp³-hybridized carbons (Fsp3) is 0.773. The Morgan fingerprint density at radius 3 is 1.83 bits per heavy atom. The standard InChI is InChI=1S/C20H33NO9S2.C2H4O2/c1-7-32(9-8-22)10-15(21-11(2)23)16-17(27-12(3)24)18(28-13(4)25)19(29-14(5)26)20(30-16)31-6;1-2(3)4/h15-20,22H,7-10H2,1-6H3;1H3,(H,3,4)/t15-,16+,17-,18-,19+,20+,32?;/m0./s1. The average molecular weight is 556 g/mol. The van der Waals surface area contributed by atoms with Crippen molar-refractivity contribution < 1.29 is 53.1 Å². The summed E-state index contributed by atoms with van der Waals surface area (Å²) in [5.41, 5.74) is -0.738. The third kappa shape index (κ3) is 12.8. The van der Waals surface area contributed by atoms with E-state index >= 15 is 0 Å². The van der Waals surface area contributed by atoms with E-state index in [4.69, 9.17) is 28.8 Å². The van der Waals surface area contributed by atoms with Gasteiger partial charge in [-0.05, 0) is 31.0 Å². The van der Waals surface area contributed by atoms with Crippen molar-refractivity contribution in [2.45, 2.75) is 77.4 Å². The second-order valence-corrected chi connectivity index (χ2v) is 11.2. The quantitative estimate of drug-likeness (QED) is 0.176. The molecule has 1 aliphatic heterocycles. The summed E-state index contributed by atoms with van der Waals surface area (Å²) in [7, 11) is -0.245. The first kappa shape index (κ1) is 34.0. The molecule has 0 aromatic rings. The molecule has 0 aromatic carbocycles. The molecule has 0 aliphatic carbocycles. The summed E-state index contributed by atoms with van der Waals surface area (Å²) < 4.78 is 22.6. The number of ether oxygens (including phenoxy) is 4.